The number of unbranched alkanes of at least 4 members (excludes halogenated alkanes) is 2. The topological polar surface area (TPSA) is 101 Å². The van der Waals surface area contributed by atoms with Crippen LogP contribution in [0.25, 0.3) is 0 Å². The molecule has 2 aliphatic rings. The smallest absolute Gasteiger partial charge is 0.327 e. The fourth-order valence-corrected chi connectivity index (χ4v) is 4.49. The van der Waals surface area contributed by atoms with E-state index in [9.17, 15) is 14.4 Å². The molecule has 0 bridgehead atoms. The summed E-state index contributed by atoms with van der Waals surface area (Å²) in [6.07, 6.45) is 6.41. The molecule has 0 saturated carbocycles. The number of carbonyl (C=O) groups is 3. The number of aromatic nitrogens is 1. The highest BCUT2D eigenvalue weighted by Gasteiger charge is 2.47. The first-order valence-electron chi connectivity index (χ1n) is 11.5. The average Bonchev–Trinajstić information content (AvgIpc) is 3.09. The van der Waals surface area contributed by atoms with Crippen molar-refractivity contribution < 1.29 is 23.9 Å². The summed E-state index contributed by atoms with van der Waals surface area (Å²) in [5, 5.41) is 2.89. The number of carbonyl (C=O) groups excluding carboxylic acids is 3. The molecule has 34 heavy (non-hydrogen) atoms. The van der Waals surface area contributed by atoms with Crippen molar-refractivity contribution in [2.75, 3.05) is 20.8 Å². The first-order chi connectivity index (χ1) is 16.5. The molecule has 1 aromatic heterocycles. The maximum Gasteiger partial charge on any atom is 0.327 e. The summed E-state index contributed by atoms with van der Waals surface area (Å²) in [7, 11) is 3.16. The summed E-state index contributed by atoms with van der Waals surface area (Å²) in [6, 6.07) is 6.78. The average molecular weight is 467 g/mol. The van der Waals surface area contributed by atoms with Gasteiger partial charge in [-0.15, -0.1) is 0 Å². The zero-order chi connectivity index (χ0) is 24.1. The zero-order valence-electron chi connectivity index (χ0n) is 19.6. The van der Waals surface area contributed by atoms with Crippen molar-refractivity contribution in [1.82, 2.24) is 20.1 Å². The fraction of sp³-hybridized carbons (Fsp3) is 0.440. The number of ether oxygens (including phenoxy) is 2. The molecule has 4 rings (SSSR count). The van der Waals surface area contributed by atoms with Gasteiger partial charge >= 0.3 is 6.03 Å². The van der Waals surface area contributed by atoms with Gasteiger partial charge in [-0.2, -0.15) is 0 Å². The summed E-state index contributed by atoms with van der Waals surface area (Å²) in [5.41, 5.74) is 2.97. The predicted molar refractivity (Wildman–Crippen MR) is 124 cm³/mol. The van der Waals surface area contributed by atoms with Crippen molar-refractivity contribution >= 4 is 17.8 Å². The van der Waals surface area contributed by atoms with E-state index in [0.717, 1.165) is 23.1 Å². The molecule has 0 aliphatic carbocycles. The van der Waals surface area contributed by atoms with E-state index in [1.165, 1.54) is 4.90 Å². The molecule has 0 radical (unpaired) electrons. The van der Waals surface area contributed by atoms with Crippen LogP contribution in [0.3, 0.4) is 0 Å². The number of benzene rings is 1. The van der Waals surface area contributed by atoms with Crippen LogP contribution in [0, 0.1) is 0 Å². The molecular formula is C25H30N4O5. The monoisotopic (exact) mass is 466 g/mol. The molecule has 9 heteroatoms. The largest absolute Gasteiger partial charge is 0.493 e. The Bertz CT molecular complexity index is 1010. The molecule has 2 aliphatic heterocycles. The predicted octanol–water partition coefficient (Wildman–Crippen LogP) is 2.66. The third-order valence-corrected chi connectivity index (χ3v) is 6.39. The van der Waals surface area contributed by atoms with Crippen LogP contribution in [0.4, 0.5) is 4.79 Å². The number of methoxy groups -OCH3 is 2. The SMILES string of the molecule is COc1cc2c(cc1OC)CN1C(=O)N(CCCCCC(=O)NCc3ccncc3)C(=O)[C@@H]1C2. The van der Waals surface area contributed by atoms with E-state index in [1.54, 1.807) is 31.5 Å². The fourth-order valence-electron chi connectivity index (χ4n) is 4.49. The lowest BCUT2D eigenvalue weighted by atomic mass is 9.94. The first kappa shape index (κ1) is 23.5. The van der Waals surface area contributed by atoms with Crippen LogP contribution >= 0.6 is 0 Å². The first-order valence-corrected chi connectivity index (χ1v) is 11.5. The Hall–Kier alpha value is -3.62. The van der Waals surface area contributed by atoms with E-state index in [0.29, 0.717) is 56.8 Å². The number of fused-ring (bicyclic) bond motifs is 2. The van der Waals surface area contributed by atoms with Crippen LogP contribution in [-0.4, -0.2) is 59.4 Å². The van der Waals surface area contributed by atoms with E-state index < -0.39 is 6.04 Å². The van der Waals surface area contributed by atoms with Gasteiger partial charge in [0.15, 0.2) is 11.5 Å². The maximum atomic E-state index is 13.0. The number of imide groups is 1. The highest BCUT2D eigenvalue weighted by Crippen LogP contribution is 2.37. The van der Waals surface area contributed by atoms with Gasteiger partial charge in [0.05, 0.1) is 14.2 Å². The second-order valence-corrected chi connectivity index (χ2v) is 8.54. The molecule has 1 N–H and O–H groups in total. The number of urea groups is 1. The lowest BCUT2D eigenvalue weighted by Gasteiger charge is -2.29. The molecule has 1 aromatic carbocycles. The van der Waals surface area contributed by atoms with E-state index in [2.05, 4.69) is 10.3 Å². The van der Waals surface area contributed by atoms with Gasteiger partial charge in [-0.05, 0) is 53.8 Å². The molecule has 0 unspecified atom stereocenters. The number of nitrogens with one attached hydrogen (secondary N) is 1. The lowest BCUT2D eigenvalue weighted by molar-refractivity contribution is -0.128. The molecule has 9 nitrogen and oxygen atoms in total. The molecule has 180 valence electrons. The van der Waals surface area contributed by atoms with Gasteiger partial charge in [0.1, 0.15) is 6.04 Å². The summed E-state index contributed by atoms with van der Waals surface area (Å²) in [5.74, 6) is 1.07. The van der Waals surface area contributed by atoms with Crippen molar-refractivity contribution in [3.05, 3.63) is 53.3 Å². The Kier molecular flexibility index (Phi) is 7.30. The van der Waals surface area contributed by atoms with Gasteiger partial charge in [0.25, 0.3) is 5.91 Å². The molecule has 3 heterocycles. The van der Waals surface area contributed by atoms with Crippen LogP contribution in [0.5, 0.6) is 11.5 Å². The summed E-state index contributed by atoms with van der Waals surface area (Å²) in [4.78, 5) is 44.9. The number of pyridine rings is 1. The van der Waals surface area contributed by atoms with Gasteiger partial charge in [0.2, 0.25) is 5.91 Å². The van der Waals surface area contributed by atoms with E-state index in [1.807, 2.05) is 24.3 Å². The normalized spacial score (nSPS) is 16.8. The Morgan fingerprint density at radius 1 is 1.06 bits per heavy atom. The third kappa shape index (κ3) is 4.98. The van der Waals surface area contributed by atoms with Gasteiger partial charge in [-0.1, -0.05) is 6.42 Å². The van der Waals surface area contributed by atoms with Crippen molar-refractivity contribution in [3.63, 3.8) is 0 Å². The Morgan fingerprint density at radius 2 is 1.76 bits per heavy atom. The number of hydrogen-bond acceptors (Lipinski definition) is 6. The minimum Gasteiger partial charge on any atom is -0.493 e. The highest BCUT2D eigenvalue weighted by atomic mass is 16.5. The maximum absolute atomic E-state index is 13.0. The summed E-state index contributed by atoms with van der Waals surface area (Å²) >= 11 is 0. The minimum atomic E-state index is -0.475. The van der Waals surface area contributed by atoms with Crippen molar-refractivity contribution in [2.45, 2.75) is 51.2 Å². The molecule has 1 fully saturated rings. The second-order valence-electron chi connectivity index (χ2n) is 8.54. The van der Waals surface area contributed by atoms with Gasteiger partial charge < -0.3 is 19.7 Å². The van der Waals surface area contributed by atoms with Crippen LogP contribution in [0.2, 0.25) is 0 Å². The number of rotatable bonds is 10. The van der Waals surface area contributed by atoms with Gasteiger partial charge in [-0.25, -0.2) is 4.79 Å². The Morgan fingerprint density at radius 3 is 2.47 bits per heavy atom. The Balaban J connectivity index is 1.24. The molecule has 1 atom stereocenters. The Labute approximate surface area is 199 Å². The standard InChI is InChI=1S/C25H30N4O5/c1-33-21-13-18-12-20-24(31)28(25(32)29(20)16-19(18)14-22(21)34-2)11-5-3-4-6-23(30)27-15-17-7-9-26-10-8-17/h7-10,13-14,20H,3-6,11-12,15-16H2,1-2H3,(H,27,30)/t20-/m0/s1. The number of hydrogen-bond donors (Lipinski definition) is 1. The third-order valence-electron chi connectivity index (χ3n) is 6.39. The van der Waals surface area contributed by atoms with Crippen LogP contribution in [-0.2, 0) is 29.1 Å². The van der Waals surface area contributed by atoms with Crippen molar-refractivity contribution in [1.29, 1.82) is 0 Å². The summed E-state index contributed by atoms with van der Waals surface area (Å²) in [6.45, 7) is 1.22. The van der Waals surface area contributed by atoms with E-state index in [4.69, 9.17) is 9.47 Å². The van der Waals surface area contributed by atoms with Gasteiger partial charge in [0, 0.05) is 44.9 Å². The summed E-state index contributed by atoms with van der Waals surface area (Å²) < 4.78 is 10.8. The lowest BCUT2D eigenvalue weighted by Crippen LogP contribution is -2.40. The van der Waals surface area contributed by atoms with Crippen LogP contribution < -0.4 is 14.8 Å². The van der Waals surface area contributed by atoms with E-state index in [-0.39, 0.29) is 17.8 Å². The minimum absolute atomic E-state index is 0.00844. The molecular weight excluding hydrogens is 436 g/mol. The van der Waals surface area contributed by atoms with Crippen molar-refractivity contribution in [3.8, 4) is 11.5 Å². The molecule has 0 spiro atoms. The second kappa shape index (κ2) is 10.5. The number of amides is 4. The van der Waals surface area contributed by atoms with Crippen LogP contribution in [0.1, 0.15) is 42.4 Å². The molecule has 2 aromatic rings. The number of nitrogens with zero attached hydrogens (tertiary/aromatic N) is 3. The molecule has 1 saturated heterocycles. The van der Waals surface area contributed by atoms with Crippen molar-refractivity contribution in [2.24, 2.45) is 0 Å². The zero-order valence-corrected chi connectivity index (χ0v) is 19.6. The molecule has 4 amide bonds. The highest BCUT2D eigenvalue weighted by molar-refractivity contribution is 6.04. The quantitative estimate of drug-likeness (QED) is 0.427. The van der Waals surface area contributed by atoms with Crippen LogP contribution in [0.15, 0.2) is 36.7 Å². The van der Waals surface area contributed by atoms with Gasteiger partial charge in [-0.3, -0.25) is 19.5 Å². The van der Waals surface area contributed by atoms with E-state index >= 15 is 0 Å².